The zero-order valence-electron chi connectivity index (χ0n) is 16.8. The van der Waals surface area contributed by atoms with E-state index in [-0.39, 0.29) is 18.9 Å². The Morgan fingerprint density at radius 1 is 0.935 bits per heavy atom. The van der Waals surface area contributed by atoms with E-state index in [0.717, 1.165) is 31.4 Å². The molecule has 0 fully saturated rings. The molecular weight excluding hydrogens is 505 g/mol. The number of fused-ring (bicyclic) bond motifs is 3. The minimum atomic E-state index is -0.963. The van der Waals surface area contributed by atoms with E-state index in [1.807, 2.05) is 48.5 Å². The lowest BCUT2D eigenvalue weighted by molar-refractivity contribution is -0.137. The summed E-state index contributed by atoms with van der Waals surface area (Å²) in [5.41, 5.74) is 5.56. The van der Waals surface area contributed by atoms with Gasteiger partial charge in [0, 0.05) is 15.5 Å². The van der Waals surface area contributed by atoms with Crippen LogP contribution in [-0.4, -0.2) is 29.8 Å². The van der Waals surface area contributed by atoms with Crippen LogP contribution in [0.4, 0.5) is 4.79 Å². The Kier molecular flexibility index (Phi) is 6.56. The number of benzene rings is 3. The highest BCUT2D eigenvalue weighted by atomic mass is 127. The lowest BCUT2D eigenvalue weighted by Crippen LogP contribution is -2.39. The van der Waals surface area contributed by atoms with E-state index < -0.39 is 18.1 Å². The third-order valence-corrected chi connectivity index (χ3v) is 6.20. The summed E-state index contributed by atoms with van der Waals surface area (Å²) in [7, 11) is 0. The number of carbonyl (C=O) groups excluding carboxylic acids is 1. The van der Waals surface area contributed by atoms with E-state index >= 15 is 0 Å². The molecule has 0 saturated heterocycles. The third-order valence-electron chi connectivity index (χ3n) is 5.48. The van der Waals surface area contributed by atoms with Crippen LogP contribution in [0.25, 0.3) is 11.1 Å². The van der Waals surface area contributed by atoms with Crippen LogP contribution in [0.3, 0.4) is 0 Å². The fourth-order valence-corrected chi connectivity index (χ4v) is 4.46. The van der Waals surface area contributed by atoms with Gasteiger partial charge in [-0.1, -0.05) is 60.7 Å². The van der Waals surface area contributed by atoms with Crippen molar-refractivity contribution < 1.29 is 19.4 Å². The molecule has 0 radical (unpaired) electrons. The van der Waals surface area contributed by atoms with Crippen molar-refractivity contribution in [3.8, 4) is 11.1 Å². The first-order valence-corrected chi connectivity index (χ1v) is 11.2. The van der Waals surface area contributed by atoms with Gasteiger partial charge in [0.1, 0.15) is 6.61 Å². The molecule has 1 aliphatic carbocycles. The molecule has 0 aromatic heterocycles. The number of amides is 1. The predicted octanol–water partition coefficient (Wildman–Crippen LogP) is 5.22. The largest absolute Gasteiger partial charge is 0.481 e. The summed E-state index contributed by atoms with van der Waals surface area (Å²) in [5, 5.41) is 12.0. The topological polar surface area (TPSA) is 75.6 Å². The molecule has 1 atom stereocenters. The highest BCUT2D eigenvalue weighted by Crippen LogP contribution is 2.44. The normalized spacial score (nSPS) is 13.2. The fraction of sp³-hybridized carbons (Fsp3) is 0.200. The molecule has 3 aromatic carbocycles. The van der Waals surface area contributed by atoms with E-state index in [2.05, 4.69) is 52.2 Å². The van der Waals surface area contributed by atoms with Crippen LogP contribution in [0.15, 0.2) is 72.8 Å². The average Bonchev–Trinajstić information content (AvgIpc) is 3.07. The molecule has 6 heteroatoms. The quantitative estimate of drug-likeness (QED) is 0.414. The Bertz CT molecular complexity index is 1050. The first-order valence-electron chi connectivity index (χ1n) is 10.1. The first kappa shape index (κ1) is 21.4. The minimum Gasteiger partial charge on any atom is -0.481 e. The number of carboxylic acids is 1. The van der Waals surface area contributed by atoms with Crippen molar-refractivity contribution in [1.29, 1.82) is 0 Å². The Morgan fingerprint density at radius 2 is 1.52 bits per heavy atom. The Hall–Kier alpha value is -2.87. The summed E-state index contributed by atoms with van der Waals surface area (Å²) in [5.74, 6) is -0.998. The number of halogens is 1. The standard InChI is InChI=1S/C25H22INO4/c26-17-11-9-16(10-12-17)13-18(14-24(28)29)27-25(30)31-15-23-21-7-3-1-5-19(21)20-6-2-4-8-22(20)23/h1-12,18,23H,13-15H2,(H,27,30)(H,28,29)/t18-/m0/s1. The lowest BCUT2D eigenvalue weighted by Gasteiger charge is -2.19. The van der Waals surface area contributed by atoms with E-state index in [0.29, 0.717) is 6.42 Å². The van der Waals surface area contributed by atoms with Crippen molar-refractivity contribution in [2.24, 2.45) is 0 Å². The van der Waals surface area contributed by atoms with Crippen molar-refractivity contribution in [2.75, 3.05) is 6.61 Å². The SMILES string of the molecule is O=C(O)C[C@H](Cc1ccc(I)cc1)NC(=O)OCC1c2ccccc2-c2ccccc21. The van der Waals surface area contributed by atoms with E-state index in [9.17, 15) is 14.7 Å². The van der Waals surface area contributed by atoms with Crippen molar-refractivity contribution in [3.05, 3.63) is 93.1 Å². The zero-order chi connectivity index (χ0) is 21.8. The van der Waals surface area contributed by atoms with Gasteiger partial charge in [-0.2, -0.15) is 0 Å². The molecular formula is C25H22INO4. The fourth-order valence-electron chi connectivity index (χ4n) is 4.10. The van der Waals surface area contributed by atoms with Crippen LogP contribution in [0.5, 0.6) is 0 Å². The van der Waals surface area contributed by atoms with Crippen molar-refractivity contribution in [2.45, 2.75) is 24.8 Å². The molecule has 0 spiro atoms. The molecule has 0 saturated carbocycles. The highest BCUT2D eigenvalue weighted by Gasteiger charge is 2.29. The molecule has 4 rings (SSSR count). The Labute approximate surface area is 194 Å². The molecule has 1 amide bonds. The third kappa shape index (κ3) is 5.07. The summed E-state index contributed by atoms with van der Waals surface area (Å²) in [6.45, 7) is 0.198. The smallest absolute Gasteiger partial charge is 0.407 e. The van der Waals surface area contributed by atoms with Crippen LogP contribution in [-0.2, 0) is 16.0 Å². The molecule has 0 aliphatic heterocycles. The maximum Gasteiger partial charge on any atom is 0.407 e. The number of carbonyl (C=O) groups is 2. The number of rotatable bonds is 7. The van der Waals surface area contributed by atoms with Gasteiger partial charge in [0.15, 0.2) is 0 Å². The van der Waals surface area contributed by atoms with Crippen LogP contribution in [0, 0.1) is 3.57 Å². The maximum absolute atomic E-state index is 12.5. The number of nitrogens with one attached hydrogen (secondary N) is 1. The van der Waals surface area contributed by atoms with Gasteiger partial charge in [0.25, 0.3) is 0 Å². The first-order chi connectivity index (χ1) is 15.0. The van der Waals surface area contributed by atoms with Gasteiger partial charge in [0.05, 0.1) is 6.42 Å². The monoisotopic (exact) mass is 527 g/mol. The van der Waals surface area contributed by atoms with Crippen LogP contribution < -0.4 is 5.32 Å². The molecule has 0 bridgehead atoms. The molecule has 0 unspecified atom stereocenters. The van der Waals surface area contributed by atoms with Crippen molar-refractivity contribution in [1.82, 2.24) is 5.32 Å². The number of carboxylic acid groups (broad SMARTS) is 1. The lowest BCUT2D eigenvalue weighted by atomic mass is 9.98. The molecule has 3 aromatic rings. The van der Waals surface area contributed by atoms with Crippen LogP contribution in [0.1, 0.15) is 29.0 Å². The molecule has 2 N–H and O–H groups in total. The summed E-state index contributed by atoms with van der Waals surface area (Å²) >= 11 is 2.22. The minimum absolute atomic E-state index is 0.0349. The van der Waals surface area contributed by atoms with Crippen molar-refractivity contribution >= 4 is 34.7 Å². The van der Waals surface area contributed by atoms with Crippen LogP contribution in [0.2, 0.25) is 0 Å². The number of ether oxygens (including phenoxy) is 1. The number of hydrogen-bond acceptors (Lipinski definition) is 3. The van der Waals surface area contributed by atoms with Gasteiger partial charge >= 0.3 is 12.1 Å². The molecule has 31 heavy (non-hydrogen) atoms. The summed E-state index contributed by atoms with van der Waals surface area (Å²) in [6.07, 6.45) is -0.345. The van der Waals surface area contributed by atoms with E-state index in [1.165, 1.54) is 0 Å². The number of aliphatic carboxylic acids is 1. The second kappa shape index (κ2) is 9.51. The summed E-state index contributed by atoms with van der Waals surface area (Å²) in [4.78, 5) is 23.8. The molecule has 5 nitrogen and oxygen atoms in total. The van der Waals surface area contributed by atoms with E-state index in [4.69, 9.17) is 4.74 Å². The molecule has 1 aliphatic rings. The van der Waals surface area contributed by atoms with E-state index in [1.54, 1.807) is 0 Å². The number of hydrogen-bond donors (Lipinski definition) is 2. The van der Waals surface area contributed by atoms with Crippen molar-refractivity contribution in [3.63, 3.8) is 0 Å². The second-order valence-electron chi connectivity index (χ2n) is 7.60. The number of alkyl carbamates (subject to hydrolysis) is 1. The predicted molar refractivity (Wildman–Crippen MR) is 127 cm³/mol. The highest BCUT2D eigenvalue weighted by molar-refractivity contribution is 14.1. The van der Waals surface area contributed by atoms with Gasteiger partial charge in [-0.15, -0.1) is 0 Å². The summed E-state index contributed by atoms with van der Waals surface area (Å²) < 4.78 is 6.66. The molecule has 158 valence electrons. The Balaban J connectivity index is 1.42. The van der Waals surface area contributed by atoms with Gasteiger partial charge in [-0.25, -0.2) is 4.79 Å². The Morgan fingerprint density at radius 3 is 2.10 bits per heavy atom. The van der Waals surface area contributed by atoms with Gasteiger partial charge in [-0.05, 0) is 69.0 Å². The molecule has 0 heterocycles. The average molecular weight is 527 g/mol. The van der Waals surface area contributed by atoms with Gasteiger partial charge < -0.3 is 15.2 Å². The van der Waals surface area contributed by atoms with Gasteiger partial charge in [-0.3, -0.25) is 4.79 Å². The van der Waals surface area contributed by atoms with Gasteiger partial charge in [0.2, 0.25) is 0 Å². The second-order valence-corrected chi connectivity index (χ2v) is 8.84. The maximum atomic E-state index is 12.5. The van der Waals surface area contributed by atoms with Crippen LogP contribution >= 0.6 is 22.6 Å². The summed E-state index contributed by atoms with van der Waals surface area (Å²) in [6, 6.07) is 23.5. The zero-order valence-corrected chi connectivity index (χ0v) is 18.9.